The van der Waals surface area contributed by atoms with Gasteiger partial charge in [-0.25, -0.2) is 0 Å². The lowest BCUT2D eigenvalue weighted by Gasteiger charge is -2.38. The minimum atomic E-state index is -1.20. The third-order valence-corrected chi connectivity index (χ3v) is 2.73. The van der Waals surface area contributed by atoms with E-state index in [1.165, 1.54) is 6.20 Å². The number of aromatic nitrogens is 2. The van der Waals surface area contributed by atoms with Crippen molar-refractivity contribution in [2.45, 2.75) is 38.9 Å². The van der Waals surface area contributed by atoms with Crippen LogP contribution in [0.4, 0.5) is 0 Å². The molecule has 0 bridgehead atoms. The molecule has 0 radical (unpaired) electrons. The van der Waals surface area contributed by atoms with Gasteiger partial charge in [0.15, 0.2) is 0 Å². The van der Waals surface area contributed by atoms with Crippen molar-refractivity contribution in [2.24, 2.45) is 0 Å². The molecule has 0 aliphatic carbocycles. The zero-order valence-corrected chi connectivity index (χ0v) is 10.0. The van der Waals surface area contributed by atoms with Gasteiger partial charge in [-0.2, -0.15) is 10.2 Å². The van der Waals surface area contributed by atoms with Crippen LogP contribution in [0, 0.1) is 0 Å². The second-order valence-corrected chi connectivity index (χ2v) is 4.69. The molecule has 0 aliphatic rings. The molecule has 1 aromatic heterocycles. The zero-order chi connectivity index (χ0) is 12.4. The van der Waals surface area contributed by atoms with Crippen LogP contribution in [-0.4, -0.2) is 38.6 Å². The fraction of sp³-hybridized carbons (Fsp3) is 0.600. The van der Waals surface area contributed by atoms with Crippen LogP contribution in [0.5, 0.6) is 0 Å². The summed E-state index contributed by atoms with van der Waals surface area (Å²) in [4.78, 5) is 0. The summed E-state index contributed by atoms with van der Waals surface area (Å²) < 4.78 is 5.39. The Morgan fingerprint density at radius 1 is 1.31 bits per heavy atom. The van der Waals surface area contributed by atoms with E-state index in [-0.39, 0.29) is 0 Å². The van der Waals surface area contributed by atoms with Crippen molar-refractivity contribution in [1.29, 1.82) is 0 Å². The van der Waals surface area contributed by atoms with Gasteiger partial charge in [-0.15, -0.1) is 0 Å². The highest BCUT2D eigenvalue weighted by atomic mass is 16.5. The van der Waals surface area contributed by atoms with Crippen molar-refractivity contribution in [3.05, 3.63) is 18.3 Å². The molecule has 0 saturated heterocycles. The van der Waals surface area contributed by atoms with Crippen LogP contribution in [0.25, 0.3) is 0 Å². The molecule has 88 valence electrons. The maximum atomic E-state index is 9.87. The Bertz CT molecular complexity index is 338. The molecule has 6 heteroatoms. The number of aliphatic hydroxyl groups is 1. The van der Waals surface area contributed by atoms with Gasteiger partial charge >= 0.3 is 7.12 Å². The molecule has 5 nitrogen and oxygen atoms in total. The number of rotatable bonds is 4. The Kier molecular flexibility index (Phi) is 3.67. The summed E-state index contributed by atoms with van der Waals surface area (Å²) in [5.74, 6) is 0. The molecular formula is C10H17BN2O3. The van der Waals surface area contributed by atoms with Crippen LogP contribution >= 0.6 is 0 Å². The molecule has 1 aromatic rings. The molecule has 0 aromatic carbocycles. The Hall–Kier alpha value is -0.975. The summed E-state index contributed by atoms with van der Waals surface area (Å²) >= 11 is 0. The topological polar surface area (TPSA) is 75.5 Å². The predicted molar refractivity (Wildman–Crippen MR) is 61.1 cm³/mol. The molecule has 0 amide bonds. The van der Waals surface area contributed by atoms with Gasteiger partial charge in [0.2, 0.25) is 0 Å². The highest BCUT2D eigenvalue weighted by molar-refractivity contribution is 6.58. The van der Waals surface area contributed by atoms with Crippen molar-refractivity contribution >= 4 is 12.7 Å². The maximum absolute atomic E-state index is 9.87. The van der Waals surface area contributed by atoms with E-state index in [9.17, 15) is 10.1 Å². The Morgan fingerprint density at radius 2 is 1.94 bits per heavy atom. The van der Waals surface area contributed by atoms with E-state index >= 15 is 0 Å². The SMILES string of the molecule is CC(C)(O)C(C)(C)OB(O)c1cccnn1. The summed E-state index contributed by atoms with van der Waals surface area (Å²) in [7, 11) is -1.20. The first-order valence-electron chi connectivity index (χ1n) is 5.10. The van der Waals surface area contributed by atoms with Gasteiger partial charge in [-0.3, -0.25) is 0 Å². The first-order valence-corrected chi connectivity index (χ1v) is 5.10. The fourth-order valence-electron chi connectivity index (χ4n) is 0.929. The monoisotopic (exact) mass is 224 g/mol. The van der Waals surface area contributed by atoms with Crippen molar-refractivity contribution in [1.82, 2.24) is 10.2 Å². The third-order valence-electron chi connectivity index (χ3n) is 2.73. The van der Waals surface area contributed by atoms with Gasteiger partial charge in [0.25, 0.3) is 0 Å². The van der Waals surface area contributed by atoms with Gasteiger partial charge in [0.1, 0.15) is 0 Å². The van der Waals surface area contributed by atoms with Crippen molar-refractivity contribution in [2.75, 3.05) is 0 Å². The molecule has 0 spiro atoms. The highest BCUT2D eigenvalue weighted by Gasteiger charge is 2.39. The Labute approximate surface area is 95.6 Å². The van der Waals surface area contributed by atoms with E-state index < -0.39 is 18.3 Å². The summed E-state index contributed by atoms with van der Waals surface area (Å²) in [5, 5.41) is 27.0. The zero-order valence-electron chi connectivity index (χ0n) is 10.0. The molecule has 2 N–H and O–H groups in total. The summed E-state index contributed by atoms with van der Waals surface area (Å²) in [6.07, 6.45) is 1.51. The minimum absolute atomic E-state index is 0.319. The van der Waals surface area contributed by atoms with Crippen LogP contribution in [0.2, 0.25) is 0 Å². The second kappa shape index (κ2) is 4.49. The van der Waals surface area contributed by atoms with Crippen LogP contribution in [0.3, 0.4) is 0 Å². The van der Waals surface area contributed by atoms with Gasteiger partial charge in [0, 0.05) is 6.20 Å². The van der Waals surface area contributed by atoms with Gasteiger partial charge in [-0.05, 0) is 39.8 Å². The lowest BCUT2D eigenvalue weighted by molar-refractivity contribution is -0.0983. The summed E-state index contributed by atoms with van der Waals surface area (Å²) in [6.45, 7) is 6.64. The molecule has 16 heavy (non-hydrogen) atoms. The standard InChI is InChI=1S/C10H17BN2O3/c1-9(2,14)10(3,4)16-11(15)8-6-5-7-12-13-8/h5-7,14-15H,1-4H3. The fourth-order valence-corrected chi connectivity index (χ4v) is 0.929. The molecule has 0 aliphatic heterocycles. The van der Waals surface area contributed by atoms with Crippen LogP contribution in [0.15, 0.2) is 18.3 Å². The van der Waals surface area contributed by atoms with E-state index in [2.05, 4.69) is 10.2 Å². The molecule has 1 heterocycles. The molecular weight excluding hydrogens is 207 g/mol. The Morgan fingerprint density at radius 3 is 2.38 bits per heavy atom. The quantitative estimate of drug-likeness (QED) is 0.688. The first-order chi connectivity index (χ1) is 7.24. The average Bonchev–Trinajstić information content (AvgIpc) is 2.16. The van der Waals surface area contributed by atoms with E-state index in [0.29, 0.717) is 5.59 Å². The average molecular weight is 224 g/mol. The number of nitrogens with zero attached hydrogens (tertiary/aromatic N) is 2. The van der Waals surface area contributed by atoms with Crippen LogP contribution in [0.1, 0.15) is 27.7 Å². The van der Waals surface area contributed by atoms with Crippen molar-refractivity contribution < 1.29 is 14.8 Å². The smallest absolute Gasteiger partial charge is 0.422 e. The normalized spacial score (nSPS) is 12.6. The first kappa shape index (κ1) is 13.1. The van der Waals surface area contributed by atoms with E-state index in [4.69, 9.17) is 4.65 Å². The largest absolute Gasteiger partial charge is 0.513 e. The highest BCUT2D eigenvalue weighted by Crippen LogP contribution is 2.25. The van der Waals surface area contributed by atoms with Crippen LogP contribution in [-0.2, 0) is 4.65 Å². The molecule has 0 atom stereocenters. The molecule has 1 rings (SSSR count). The molecule has 0 fully saturated rings. The molecule has 0 unspecified atom stereocenters. The van der Waals surface area contributed by atoms with Gasteiger partial charge < -0.3 is 14.8 Å². The molecule has 0 saturated carbocycles. The van der Waals surface area contributed by atoms with Crippen molar-refractivity contribution in [3.8, 4) is 0 Å². The minimum Gasteiger partial charge on any atom is -0.422 e. The van der Waals surface area contributed by atoms with Crippen molar-refractivity contribution in [3.63, 3.8) is 0 Å². The summed E-state index contributed by atoms with van der Waals surface area (Å²) in [5.41, 5.74) is -1.65. The van der Waals surface area contributed by atoms with E-state index in [0.717, 1.165) is 0 Å². The van der Waals surface area contributed by atoms with Gasteiger partial charge in [0.05, 0.1) is 16.8 Å². The lowest BCUT2D eigenvalue weighted by Crippen LogP contribution is -2.53. The maximum Gasteiger partial charge on any atom is 0.513 e. The Balaban J connectivity index is 2.76. The van der Waals surface area contributed by atoms with E-state index in [1.807, 2.05) is 0 Å². The number of hydrogen-bond donors (Lipinski definition) is 2. The van der Waals surface area contributed by atoms with E-state index in [1.54, 1.807) is 39.8 Å². The third kappa shape index (κ3) is 3.01. The lowest BCUT2D eigenvalue weighted by atomic mass is 9.80. The van der Waals surface area contributed by atoms with Crippen LogP contribution < -0.4 is 5.59 Å². The number of hydrogen-bond acceptors (Lipinski definition) is 5. The second-order valence-electron chi connectivity index (χ2n) is 4.69. The van der Waals surface area contributed by atoms with Gasteiger partial charge in [-0.1, -0.05) is 0 Å². The predicted octanol–water partition coefficient (Wildman–Crippen LogP) is -0.270. The summed E-state index contributed by atoms with van der Waals surface area (Å²) in [6, 6.07) is 3.27.